The number of carbonyl (C=O) groups excluding carboxylic acids is 11. The van der Waals surface area contributed by atoms with Crippen molar-refractivity contribution in [3.05, 3.63) is 123 Å². The number of esters is 1. The van der Waals surface area contributed by atoms with E-state index in [0.717, 1.165) is 38.7 Å². The molecule has 39 nitrogen and oxygen atoms in total. The number of ether oxygens (including phenoxy) is 4. The molecule has 4 aliphatic carbocycles. The van der Waals surface area contributed by atoms with E-state index < -0.39 is 177 Å². The number of hydrogen-bond donors (Lipinski definition) is 17. The molecule has 134 heavy (non-hydrogen) atoms. The smallest absolute Gasteiger partial charge is 0.404 e. The molecule has 42 heteroatoms. The number of guanidine groups is 1. The lowest BCUT2D eigenvalue weighted by Crippen LogP contribution is -2.79. The number of likely N-dealkylation sites (N-methyl/N-ethyl adjacent to an activating group) is 1. The van der Waals surface area contributed by atoms with Crippen LogP contribution in [0.25, 0.3) is 10.9 Å². The standard InChI is InChI=1S/C92H117N17O22S3/c1-10-87(126)36-48-37-90(84(124)129-8,74-53(40-107(39-48)44-87)52-18-12-13-19-57(52)99-74)55-32-54-62(34-63(55)128-7)106(6)81-89(54)27-24-50-17-14-26-88(11-2,73(50)89)82(122)91(81,127)83(123)105-104-47(5)49-20-22-51(23-21-49)109-66(111)35-64(79(109)119)132-43-61(80(120)121)103-78(118)59(102-77(117)58(33-67(112)113)101-76(116)45(3)16-15-28-97-85(93)94)38-98-65(110)25-30-133-134-31-29-96-69-46(4)71(114)70-68(72(69)115)56(42-131-86(95)125)92(130-9)75-60(100-75)41-108(70)92/h12-14,18-23,26,32,34,45,48,50,56,58-61,64,73,75,81-82,96,99-100,122,126-127H,10-11,15-17,24-25,27-31,33,35-44H2,1-9H3,(H2,95,125)(H,98,110)(H,101,116)(H,102,117)(H,103,118)(H,105,123)(H,112,113)(H,120,121)(H4,93,94,97)/t45-,48+,50?,56+,58-,59-,60-,61-,64?,73-,75-,81+,82+,87-,88+,89+,90-,91-,92+/m0/s1. The molecule has 15 rings (SSSR count). The summed E-state index contributed by atoms with van der Waals surface area (Å²) in [5.74, 6) is -12.9. The predicted octanol–water partition coefficient (Wildman–Crippen LogP) is 2.25. The van der Waals surface area contributed by atoms with Crippen LogP contribution in [0, 0.1) is 40.4 Å². The van der Waals surface area contributed by atoms with Gasteiger partial charge in [0.05, 0.1) is 72.3 Å². The van der Waals surface area contributed by atoms with Gasteiger partial charge in [-0.25, -0.2) is 19.9 Å². The molecule has 4 aromatic rings. The first-order valence-corrected chi connectivity index (χ1v) is 48.7. The Morgan fingerprint density at radius 1 is 0.851 bits per heavy atom. The van der Waals surface area contributed by atoms with Crippen LogP contribution in [-0.4, -0.2) is 285 Å². The normalized spacial score (nSPS) is 29.8. The van der Waals surface area contributed by atoms with Crippen molar-refractivity contribution in [3.8, 4) is 5.75 Å². The monoisotopic (exact) mass is 1910 g/mol. The Morgan fingerprint density at radius 2 is 1.57 bits per heavy atom. The number of aromatic nitrogens is 1. The minimum absolute atomic E-state index is 0.00413. The molecule has 8 amide bonds. The summed E-state index contributed by atoms with van der Waals surface area (Å²) in [6.45, 7) is 9.81. The summed E-state index contributed by atoms with van der Waals surface area (Å²) in [7, 11) is 8.75. The number of nitrogens with zero attached hydrogens (tertiary/aromatic N) is 5. The number of Topliss-reactive ketones (excluding diaryl/α,β-unsaturated/α-hetero) is 2. The van der Waals surface area contributed by atoms with Crippen LogP contribution in [0.2, 0.25) is 0 Å². The molecule has 1 spiro atoms. The lowest BCUT2D eigenvalue weighted by molar-refractivity contribution is -0.208. The number of benzene rings is 3. The largest absolute Gasteiger partial charge is 0.496 e. The first-order chi connectivity index (χ1) is 63.9. The van der Waals surface area contributed by atoms with Crippen LogP contribution in [0.5, 0.6) is 5.75 Å². The van der Waals surface area contributed by atoms with Crippen molar-refractivity contribution in [2.24, 2.45) is 51.6 Å². The average Bonchev–Trinajstić information content (AvgIpc) is 1.48. The minimum Gasteiger partial charge on any atom is -0.496 e. The number of carbonyl (C=O) groups is 13. The van der Waals surface area contributed by atoms with Crippen molar-refractivity contribution >= 4 is 144 Å². The second kappa shape index (κ2) is 38.6. The van der Waals surface area contributed by atoms with Gasteiger partial charge in [-0.2, -0.15) is 5.10 Å². The fourth-order valence-corrected chi connectivity index (χ4v) is 26.5. The van der Waals surface area contributed by atoms with Crippen molar-refractivity contribution < 1.29 is 107 Å². The molecule has 4 saturated heterocycles. The van der Waals surface area contributed by atoms with Crippen LogP contribution in [-0.2, 0) is 89.1 Å². The molecule has 8 heterocycles. The van der Waals surface area contributed by atoms with E-state index >= 15 is 9.59 Å². The fourth-order valence-electron chi connectivity index (χ4n) is 23.4. The van der Waals surface area contributed by atoms with E-state index in [4.69, 9.17) is 35.8 Å². The number of thioether (sulfide) groups is 1. The number of piperazine rings is 1. The van der Waals surface area contributed by atoms with Gasteiger partial charge in [0.25, 0.3) is 5.91 Å². The summed E-state index contributed by atoms with van der Waals surface area (Å²) in [5.41, 5.74) is 10.3. The number of imide groups is 1. The number of primary amides is 1. The molecular formula is C92H117N17O22S3. The number of hydrogen-bond acceptors (Lipinski definition) is 30. The van der Waals surface area contributed by atoms with Crippen LogP contribution < -0.4 is 68.6 Å². The molecule has 2 bridgehead atoms. The zero-order valence-electron chi connectivity index (χ0n) is 76.0. The van der Waals surface area contributed by atoms with Gasteiger partial charge in [0.15, 0.2) is 17.3 Å². The molecule has 7 aliphatic heterocycles. The number of nitrogens with one attached hydrogen (secondary N) is 10. The summed E-state index contributed by atoms with van der Waals surface area (Å²) in [6, 6.07) is 11.0. The van der Waals surface area contributed by atoms with E-state index in [0.29, 0.717) is 105 Å². The van der Waals surface area contributed by atoms with Crippen molar-refractivity contribution in [1.29, 1.82) is 5.41 Å². The van der Waals surface area contributed by atoms with Crippen molar-refractivity contribution in [3.63, 3.8) is 0 Å². The highest BCUT2D eigenvalue weighted by molar-refractivity contribution is 8.76. The number of allylic oxidation sites excluding steroid dienone is 3. The summed E-state index contributed by atoms with van der Waals surface area (Å²) in [6.07, 6.45) is 3.54. The highest BCUT2D eigenvalue weighted by Crippen LogP contribution is 2.73. The first-order valence-electron chi connectivity index (χ1n) is 45.2. The van der Waals surface area contributed by atoms with E-state index in [1.165, 1.54) is 61.8 Å². The average molecular weight is 1910 g/mol. The summed E-state index contributed by atoms with van der Waals surface area (Å²) in [5, 5.41) is 90.4. The van der Waals surface area contributed by atoms with Gasteiger partial charge in [-0.3, -0.25) is 63.0 Å². The third-order valence-electron chi connectivity index (χ3n) is 29.6. The minimum atomic E-state index is -2.60. The number of H-pyrrole nitrogens is 1. The van der Waals surface area contributed by atoms with Gasteiger partial charge < -0.3 is 108 Å². The van der Waals surface area contributed by atoms with Crippen molar-refractivity contribution in [2.45, 2.75) is 194 Å². The number of ketones is 2. The predicted molar refractivity (Wildman–Crippen MR) is 495 cm³/mol. The molecule has 0 radical (unpaired) electrons. The van der Waals surface area contributed by atoms with E-state index in [2.05, 4.69) is 57.6 Å². The first kappa shape index (κ1) is 97.4. The maximum atomic E-state index is 15.7. The highest BCUT2D eigenvalue weighted by Gasteiger charge is 2.79. The lowest BCUT2D eigenvalue weighted by Gasteiger charge is -2.63. The van der Waals surface area contributed by atoms with Crippen LogP contribution in [0.15, 0.2) is 100 Å². The van der Waals surface area contributed by atoms with Gasteiger partial charge in [-0.05, 0) is 130 Å². The number of aliphatic hydroxyl groups excluding tert-OH is 1. The Hall–Kier alpha value is -11.1. The quantitative estimate of drug-likeness (QED) is 0.00292. The van der Waals surface area contributed by atoms with E-state index in [9.17, 15) is 78.3 Å². The molecule has 720 valence electrons. The van der Waals surface area contributed by atoms with Gasteiger partial charge in [-0.15, -0.1) is 11.8 Å². The van der Waals surface area contributed by atoms with E-state index in [1.54, 1.807) is 38.1 Å². The number of amides is 8. The van der Waals surface area contributed by atoms with E-state index in [-0.39, 0.29) is 120 Å². The molecule has 6 fully saturated rings. The van der Waals surface area contributed by atoms with E-state index in [1.807, 2.05) is 67.3 Å². The number of hydrazone groups is 1. The maximum Gasteiger partial charge on any atom is 0.404 e. The van der Waals surface area contributed by atoms with Gasteiger partial charge in [0.1, 0.15) is 42.0 Å². The number of piperidine rings is 1. The molecule has 3 aromatic carbocycles. The highest BCUT2D eigenvalue weighted by atomic mass is 33.1. The van der Waals surface area contributed by atoms with Crippen molar-refractivity contribution in [2.75, 3.05) is 101 Å². The molecule has 11 aliphatic rings. The SMILES string of the molecule is CC[C@]1(O)C[C@H]2CN(Cc3c([nH]c4ccccc34)[C@@](C(=O)OC)(c3cc4c(cc3OC)N(C)[C@H]3[C@@](O)(C(=O)NN=C(C)c5ccc(N6C(=O)CC(SC[C@H](NC(=O)[C@H](CNC(=O)CCSSCCNC7=C(C)C(=O)C8=C(C7=O)[C@@H](COC(N)=O)[C@@]7(OC)[C@H]9N[C@H]9CN87)NC(=O)[C@H](CC(=O)O)NC(=O)[C@@H](C)CCCNC(=N)N)C(=O)O)C6=O)cc5)[C@H](O)[C@]5(CC)C=CCC6CC[C@]43[C@@H]65)C2)C1. The summed E-state index contributed by atoms with van der Waals surface area (Å²) in [4.78, 5) is 191. The van der Waals surface area contributed by atoms with Crippen molar-refractivity contribution in [1.82, 2.24) is 57.4 Å². The lowest BCUT2D eigenvalue weighted by atomic mass is 9.44. The number of aliphatic carboxylic acids is 2. The molecule has 19 N–H and O–H groups in total. The number of rotatable bonds is 38. The maximum absolute atomic E-state index is 15.7. The number of aliphatic hydroxyl groups is 3. The summed E-state index contributed by atoms with van der Waals surface area (Å²) < 4.78 is 23.7. The zero-order valence-corrected chi connectivity index (χ0v) is 78.4. The Kier molecular flexibility index (Phi) is 28.0. The molecular weight excluding hydrogens is 1790 g/mol. The summed E-state index contributed by atoms with van der Waals surface area (Å²) >= 11 is 0.734. The molecule has 1 aromatic heterocycles. The third-order valence-corrected chi connectivity index (χ3v) is 33.3. The van der Waals surface area contributed by atoms with Gasteiger partial charge in [-0.1, -0.05) is 84.8 Å². The van der Waals surface area contributed by atoms with Crippen LogP contribution in [0.3, 0.4) is 0 Å². The van der Waals surface area contributed by atoms with Gasteiger partial charge >= 0.3 is 24.0 Å². The Bertz CT molecular complexity index is 5580. The second-order valence-electron chi connectivity index (χ2n) is 37.0. The Morgan fingerprint density at radius 3 is 2.27 bits per heavy atom. The third kappa shape index (κ3) is 17.2. The topological polar surface area (TPSA) is 583 Å². The number of para-hydroxylation sites is 1. The number of fused-ring (bicyclic) bond motifs is 10. The zero-order chi connectivity index (χ0) is 96.3. The number of nitrogens with two attached hydrogens (primary N) is 2. The number of aromatic amines is 1. The van der Waals surface area contributed by atoms with Gasteiger partial charge in [0, 0.05) is 158 Å². The number of methoxy groups -OCH3 is 3. The van der Waals surface area contributed by atoms with Gasteiger partial charge in [0.2, 0.25) is 47.0 Å². The van der Waals surface area contributed by atoms with Crippen LogP contribution >= 0.6 is 33.3 Å². The number of anilines is 2. The Labute approximate surface area is 785 Å². The molecule has 20 atom stereocenters. The fraction of sp³-hybridized carbons (Fsp3) is 0.554. The Balaban J connectivity index is 0.607. The molecule has 3 unspecified atom stereocenters. The number of carboxylic acid groups (broad SMARTS) is 2. The van der Waals surface area contributed by atoms with Crippen LogP contribution in [0.4, 0.5) is 16.2 Å². The number of carboxylic acids is 2. The van der Waals surface area contributed by atoms with Crippen LogP contribution in [0.1, 0.15) is 140 Å². The molecule has 2 saturated carbocycles. The second-order valence-corrected chi connectivity index (χ2v) is 40.9.